The molecular formula is C22H18N4O3. The summed E-state index contributed by atoms with van der Waals surface area (Å²) in [5.41, 5.74) is 7.39. The van der Waals surface area contributed by atoms with Crippen molar-refractivity contribution in [3.05, 3.63) is 77.6 Å². The molecular weight excluding hydrogens is 368 g/mol. The maximum atomic E-state index is 12.6. The fraction of sp³-hybridized carbons (Fsp3) is 0.0909. The molecule has 7 heteroatoms. The van der Waals surface area contributed by atoms with E-state index in [1.54, 1.807) is 38.3 Å². The van der Waals surface area contributed by atoms with E-state index < -0.39 is 11.8 Å². The van der Waals surface area contributed by atoms with Gasteiger partial charge in [0.05, 0.1) is 29.4 Å². The number of aryl methyl sites for hydroxylation is 1. The van der Waals surface area contributed by atoms with Crippen LogP contribution in [0, 0.1) is 6.92 Å². The Morgan fingerprint density at radius 2 is 1.59 bits per heavy atom. The molecule has 0 aliphatic rings. The van der Waals surface area contributed by atoms with Gasteiger partial charge in [-0.05, 0) is 37.3 Å². The number of carbonyl (C=O) groups excluding carboxylic acids is 2. The molecule has 0 aliphatic carbocycles. The number of nitrogens with zero attached hydrogens (tertiary/aromatic N) is 2. The molecule has 2 amide bonds. The summed E-state index contributed by atoms with van der Waals surface area (Å²) in [6.07, 6.45) is 0. The number of nitrogens with one attached hydrogen (secondary N) is 2. The van der Waals surface area contributed by atoms with Crippen LogP contribution in [0.25, 0.3) is 21.8 Å². The summed E-state index contributed by atoms with van der Waals surface area (Å²) < 4.78 is 5.20. The van der Waals surface area contributed by atoms with Gasteiger partial charge in [0.25, 0.3) is 11.8 Å². The number of fused-ring (bicyclic) bond motifs is 2. The third-order valence-electron chi connectivity index (χ3n) is 4.58. The first-order valence-electron chi connectivity index (χ1n) is 8.97. The van der Waals surface area contributed by atoms with Gasteiger partial charge in [0.15, 0.2) is 0 Å². The molecule has 2 aromatic heterocycles. The van der Waals surface area contributed by atoms with Crippen LogP contribution >= 0.6 is 0 Å². The molecule has 2 aromatic carbocycles. The molecule has 0 radical (unpaired) electrons. The fourth-order valence-electron chi connectivity index (χ4n) is 3.04. The van der Waals surface area contributed by atoms with Crippen molar-refractivity contribution in [1.82, 2.24) is 20.8 Å². The van der Waals surface area contributed by atoms with Crippen LogP contribution in [-0.2, 0) is 0 Å². The molecule has 4 aromatic rings. The second kappa shape index (κ2) is 7.55. The highest BCUT2D eigenvalue weighted by Gasteiger charge is 2.14. The number of methoxy groups -OCH3 is 1. The average Bonchev–Trinajstić information content (AvgIpc) is 2.75. The maximum absolute atomic E-state index is 12.6. The smallest absolute Gasteiger partial charge is 0.288 e. The van der Waals surface area contributed by atoms with Gasteiger partial charge in [-0.25, -0.2) is 4.98 Å². The number of amides is 2. The van der Waals surface area contributed by atoms with Crippen molar-refractivity contribution < 1.29 is 14.3 Å². The molecule has 2 N–H and O–H groups in total. The van der Waals surface area contributed by atoms with Crippen molar-refractivity contribution in [2.45, 2.75) is 6.92 Å². The number of hydrogen-bond donors (Lipinski definition) is 2. The van der Waals surface area contributed by atoms with Crippen LogP contribution < -0.4 is 15.6 Å². The monoisotopic (exact) mass is 386 g/mol. The Morgan fingerprint density at radius 1 is 0.828 bits per heavy atom. The van der Waals surface area contributed by atoms with Crippen LogP contribution in [0.1, 0.15) is 26.5 Å². The quantitative estimate of drug-likeness (QED) is 0.528. The van der Waals surface area contributed by atoms with Crippen molar-refractivity contribution in [1.29, 1.82) is 0 Å². The summed E-state index contributed by atoms with van der Waals surface area (Å²) in [5.74, 6) is -0.265. The highest BCUT2D eigenvalue weighted by molar-refractivity contribution is 6.01. The van der Waals surface area contributed by atoms with E-state index in [9.17, 15) is 9.59 Å². The molecule has 0 spiro atoms. The highest BCUT2D eigenvalue weighted by atomic mass is 16.5. The van der Waals surface area contributed by atoms with Gasteiger partial charge in [-0.2, -0.15) is 0 Å². The Balaban J connectivity index is 1.51. The molecule has 7 nitrogen and oxygen atoms in total. The first-order valence-corrected chi connectivity index (χ1v) is 8.97. The summed E-state index contributed by atoms with van der Waals surface area (Å²) in [7, 11) is 1.59. The van der Waals surface area contributed by atoms with E-state index in [0.29, 0.717) is 22.5 Å². The number of ether oxygens (including phenoxy) is 1. The molecule has 2 heterocycles. The lowest BCUT2D eigenvalue weighted by atomic mass is 10.1. The Labute approximate surface area is 166 Å². The molecule has 0 aliphatic heterocycles. The Kier molecular flexibility index (Phi) is 4.78. The highest BCUT2D eigenvalue weighted by Crippen LogP contribution is 2.21. The molecule has 0 bridgehead atoms. The molecule has 0 atom stereocenters. The zero-order valence-corrected chi connectivity index (χ0v) is 15.9. The normalized spacial score (nSPS) is 10.7. The summed E-state index contributed by atoms with van der Waals surface area (Å²) in [6.45, 7) is 1.74. The van der Waals surface area contributed by atoms with E-state index in [1.807, 2.05) is 36.4 Å². The van der Waals surface area contributed by atoms with Gasteiger partial charge in [-0.1, -0.05) is 24.3 Å². The summed E-state index contributed by atoms with van der Waals surface area (Å²) in [4.78, 5) is 33.7. The lowest BCUT2D eigenvalue weighted by Crippen LogP contribution is -2.42. The number of rotatable bonds is 3. The standard InChI is InChI=1S/C22H18N4O3/c1-13-17(11-15-7-9-16(29-2)12-20(15)23-13)21(27)25-26-22(28)19-10-8-14-5-3-4-6-18(14)24-19/h3-12H,1-2H3,(H,25,27)(H,26,28). The minimum absolute atomic E-state index is 0.212. The second-order valence-electron chi connectivity index (χ2n) is 6.48. The largest absolute Gasteiger partial charge is 0.497 e. The number of aromatic nitrogens is 2. The Bertz CT molecular complexity index is 1250. The van der Waals surface area contributed by atoms with Gasteiger partial charge < -0.3 is 4.74 Å². The van der Waals surface area contributed by atoms with E-state index in [2.05, 4.69) is 20.8 Å². The molecule has 29 heavy (non-hydrogen) atoms. The minimum atomic E-state index is -0.500. The van der Waals surface area contributed by atoms with Crippen LogP contribution in [0.2, 0.25) is 0 Å². The molecule has 144 valence electrons. The van der Waals surface area contributed by atoms with Crippen molar-refractivity contribution in [3.63, 3.8) is 0 Å². The zero-order chi connectivity index (χ0) is 20.4. The average molecular weight is 386 g/mol. The van der Waals surface area contributed by atoms with Gasteiger partial charge in [0, 0.05) is 16.8 Å². The van der Waals surface area contributed by atoms with Crippen LogP contribution in [0.3, 0.4) is 0 Å². The van der Waals surface area contributed by atoms with Crippen molar-refractivity contribution in [3.8, 4) is 5.75 Å². The van der Waals surface area contributed by atoms with Gasteiger partial charge in [-0.3, -0.25) is 25.4 Å². The minimum Gasteiger partial charge on any atom is -0.497 e. The van der Waals surface area contributed by atoms with E-state index in [1.165, 1.54) is 0 Å². The first kappa shape index (κ1) is 18.4. The van der Waals surface area contributed by atoms with Crippen LogP contribution in [0.4, 0.5) is 0 Å². The SMILES string of the molecule is COc1ccc2cc(C(=O)NNC(=O)c3ccc4ccccc4n3)c(C)nc2c1. The van der Waals surface area contributed by atoms with Crippen molar-refractivity contribution in [2.24, 2.45) is 0 Å². The summed E-state index contributed by atoms with van der Waals surface area (Å²) >= 11 is 0. The molecule has 0 unspecified atom stereocenters. The van der Waals surface area contributed by atoms with Gasteiger partial charge in [-0.15, -0.1) is 0 Å². The van der Waals surface area contributed by atoms with Crippen LogP contribution in [0.5, 0.6) is 5.75 Å². The van der Waals surface area contributed by atoms with Crippen LogP contribution in [0.15, 0.2) is 60.7 Å². The summed E-state index contributed by atoms with van der Waals surface area (Å²) in [6, 6.07) is 18.1. The molecule has 4 rings (SSSR count). The Hall–Kier alpha value is -4.00. The van der Waals surface area contributed by atoms with Gasteiger partial charge in [0.2, 0.25) is 0 Å². The van der Waals surface area contributed by atoms with E-state index >= 15 is 0 Å². The third kappa shape index (κ3) is 3.70. The maximum Gasteiger partial charge on any atom is 0.288 e. The molecule has 0 fully saturated rings. The summed E-state index contributed by atoms with van der Waals surface area (Å²) in [5, 5.41) is 1.73. The number of hydrazine groups is 1. The number of hydrogen-bond acceptors (Lipinski definition) is 5. The van der Waals surface area contributed by atoms with Crippen molar-refractivity contribution in [2.75, 3.05) is 7.11 Å². The van der Waals surface area contributed by atoms with E-state index in [0.717, 1.165) is 16.3 Å². The third-order valence-corrected chi connectivity index (χ3v) is 4.58. The molecule has 0 saturated carbocycles. The van der Waals surface area contributed by atoms with Crippen molar-refractivity contribution >= 4 is 33.6 Å². The van der Waals surface area contributed by atoms with Gasteiger partial charge in [0.1, 0.15) is 11.4 Å². The van der Waals surface area contributed by atoms with Crippen LogP contribution in [-0.4, -0.2) is 28.9 Å². The van der Waals surface area contributed by atoms with E-state index in [4.69, 9.17) is 4.74 Å². The predicted molar refractivity (Wildman–Crippen MR) is 110 cm³/mol. The number of carbonyl (C=O) groups is 2. The fourth-order valence-corrected chi connectivity index (χ4v) is 3.04. The molecule has 0 saturated heterocycles. The lowest BCUT2D eigenvalue weighted by Gasteiger charge is -2.10. The topological polar surface area (TPSA) is 93.2 Å². The number of benzene rings is 2. The van der Waals surface area contributed by atoms with Gasteiger partial charge >= 0.3 is 0 Å². The number of para-hydroxylation sites is 1. The Morgan fingerprint density at radius 3 is 2.41 bits per heavy atom. The second-order valence-corrected chi connectivity index (χ2v) is 6.48. The number of pyridine rings is 2. The first-order chi connectivity index (χ1) is 14.0. The lowest BCUT2D eigenvalue weighted by molar-refractivity contribution is 0.0843. The van der Waals surface area contributed by atoms with E-state index in [-0.39, 0.29) is 5.69 Å². The zero-order valence-electron chi connectivity index (χ0n) is 15.9. The predicted octanol–water partition coefficient (Wildman–Crippen LogP) is 3.17.